The van der Waals surface area contributed by atoms with E-state index >= 15 is 0 Å². The van der Waals surface area contributed by atoms with Gasteiger partial charge in [0.2, 0.25) is 0 Å². The molecule has 1 heterocycles. The van der Waals surface area contributed by atoms with Crippen LogP contribution in [0.25, 0.3) is 6.08 Å². The van der Waals surface area contributed by atoms with Crippen LogP contribution in [0.2, 0.25) is 0 Å². The van der Waals surface area contributed by atoms with Crippen molar-refractivity contribution in [3.63, 3.8) is 0 Å². The lowest BCUT2D eigenvalue weighted by molar-refractivity contribution is -0.124. The maximum atomic E-state index is 13.7. The number of ether oxygens (including phenoxy) is 1. The lowest BCUT2D eigenvalue weighted by Crippen LogP contribution is -2.41. The maximum absolute atomic E-state index is 13.7. The molecule has 2 aliphatic carbocycles. The molecule has 0 radical (unpaired) electrons. The first kappa shape index (κ1) is 26.9. The van der Waals surface area contributed by atoms with Gasteiger partial charge in [0.1, 0.15) is 18.2 Å². The smallest absolute Gasteiger partial charge is 0.266 e. The number of amidine groups is 1. The van der Waals surface area contributed by atoms with E-state index in [1.165, 1.54) is 62.4 Å². The third kappa shape index (κ3) is 6.69. The summed E-state index contributed by atoms with van der Waals surface area (Å²) < 4.78 is 20.8. The van der Waals surface area contributed by atoms with E-state index in [0.717, 1.165) is 55.8 Å². The van der Waals surface area contributed by atoms with Crippen LogP contribution >= 0.6 is 43.6 Å². The molecule has 37 heavy (non-hydrogen) atoms. The average Bonchev–Trinajstić information content (AvgIpc) is 3.19. The van der Waals surface area contributed by atoms with Crippen LogP contribution in [0.5, 0.6) is 5.75 Å². The van der Waals surface area contributed by atoms with Gasteiger partial charge in [-0.05, 0) is 111 Å². The first-order valence-corrected chi connectivity index (χ1v) is 15.6. The molecular weight excluding hydrogens is 619 g/mol. The Labute approximate surface area is 239 Å². The molecule has 2 aromatic carbocycles. The number of rotatable bonds is 6. The Morgan fingerprint density at radius 1 is 0.973 bits per heavy atom. The summed E-state index contributed by atoms with van der Waals surface area (Å²) in [6, 6.07) is 10.8. The van der Waals surface area contributed by atoms with Crippen LogP contribution < -0.4 is 4.74 Å². The Bertz CT molecular complexity index is 1170. The van der Waals surface area contributed by atoms with Crippen molar-refractivity contribution < 1.29 is 13.9 Å². The number of hydrogen-bond donors (Lipinski definition) is 0. The standard InChI is InChI=1S/C29H31Br2FN2O2S/c30-24-15-20(16-25(31)27(24)36-18-19-11-13-21(32)14-12-19)17-26-28(35)34(23-9-5-2-6-10-23)29(37-26)33-22-7-3-1-4-8-22/h11-17,22-23H,1-10,18H2. The van der Waals surface area contributed by atoms with E-state index in [1.54, 1.807) is 12.1 Å². The molecule has 1 aliphatic heterocycles. The zero-order valence-electron chi connectivity index (χ0n) is 20.7. The zero-order valence-corrected chi connectivity index (χ0v) is 24.7. The van der Waals surface area contributed by atoms with Gasteiger partial charge in [0, 0.05) is 6.04 Å². The van der Waals surface area contributed by atoms with Gasteiger partial charge >= 0.3 is 0 Å². The minimum absolute atomic E-state index is 0.0790. The van der Waals surface area contributed by atoms with E-state index in [9.17, 15) is 9.18 Å². The zero-order chi connectivity index (χ0) is 25.8. The molecule has 0 atom stereocenters. The van der Waals surface area contributed by atoms with Crippen LogP contribution in [-0.4, -0.2) is 28.1 Å². The highest BCUT2D eigenvalue weighted by atomic mass is 79.9. The van der Waals surface area contributed by atoms with Crippen molar-refractivity contribution >= 4 is 60.8 Å². The third-order valence-corrected chi connectivity index (χ3v) is 9.43. The number of aliphatic imine (C=N–C) groups is 1. The second kappa shape index (κ2) is 12.5. The second-order valence-electron chi connectivity index (χ2n) is 10.0. The summed E-state index contributed by atoms with van der Waals surface area (Å²) in [7, 11) is 0. The van der Waals surface area contributed by atoms with Crippen molar-refractivity contribution in [3.05, 3.63) is 67.2 Å². The van der Waals surface area contributed by atoms with E-state index in [-0.39, 0.29) is 17.8 Å². The van der Waals surface area contributed by atoms with Crippen molar-refractivity contribution in [3.8, 4) is 5.75 Å². The predicted molar refractivity (Wildman–Crippen MR) is 156 cm³/mol. The van der Waals surface area contributed by atoms with Crippen LogP contribution in [0.15, 0.2) is 55.2 Å². The van der Waals surface area contributed by atoms with Gasteiger partial charge in [-0.15, -0.1) is 0 Å². The van der Waals surface area contributed by atoms with Crippen molar-refractivity contribution in [2.75, 3.05) is 0 Å². The van der Waals surface area contributed by atoms with Crippen molar-refractivity contribution in [1.82, 2.24) is 4.90 Å². The maximum Gasteiger partial charge on any atom is 0.266 e. The summed E-state index contributed by atoms with van der Waals surface area (Å²) in [5.41, 5.74) is 1.79. The molecule has 3 aliphatic rings. The third-order valence-electron chi connectivity index (χ3n) is 7.26. The minimum atomic E-state index is -0.267. The van der Waals surface area contributed by atoms with Gasteiger partial charge in [-0.2, -0.15) is 0 Å². The van der Waals surface area contributed by atoms with Crippen molar-refractivity contribution in [2.45, 2.75) is 82.9 Å². The number of carbonyl (C=O) groups is 1. The van der Waals surface area contributed by atoms with Gasteiger partial charge < -0.3 is 4.74 Å². The van der Waals surface area contributed by atoms with Gasteiger partial charge in [0.15, 0.2) is 5.17 Å². The highest BCUT2D eigenvalue weighted by Gasteiger charge is 2.39. The van der Waals surface area contributed by atoms with Crippen LogP contribution in [-0.2, 0) is 11.4 Å². The number of nitrogens with zero attached hydrogens (tertiary/aromatic N) is 2. The number of hydrogen-bond acceptors (Lipinski definition) is 4. The Morgan fingerprint density at radius 3 is 2.24 bits per heavy atom. The summed E-state index contributed by atoms with van der Waals surface area (Å²) in [4.78, 5) is 21.5. The fourth-order valence-corrected chi connectivity index (χ4v) is 7.85. The van der Waals surface area contributed by atoms with Gasteiger partial charge in [-0.3, -0.25) is 14.7 Å². The molecule has 8 heteroatoms. The SMILES string of the molecule is O=C1C(=Cc2cc(Br)c(OCc3ccc(F)cc3)c(Br)c2)SC(=NC2CCCCC2)N1C1CCCCC1. The van der Waals surface area contributed by atoms with E-state index in [0.29, 0.717) is 18.4 Å². The Hall–Kier alpha value is -1.64. The lowest BCUT2D eigenvalue weighted by atomic mass is 9.94. The molecule has 0 unspecified atom stereocenters. The van der Waals surface area contributed by atoms with Gasteiger partial charge in [-0.1, -0.05) is 50.7 Å². The molecule has 0 aromatic heterocycles. The molecule has 0 N–H and O–H groups in total. The van der Waals surface area contributed by atoms with E-state index in [1.807, 2.05) is 23.1 Å². The topological polar surface area (TPSA) is 41.9 Å². The van der Waals surface area contributed by atoms with Gasteiger partial charge in [0.25, 0.3) is 5.91 Å². The summed E-state index contributed by atoms with van der Waals surface area (Å²) in [6.07, 6.45) is 13.7. The molecular formula is C29H31Br2FN2O2S. The van der Waals surface area contributed by atoms with Gasteiger partial charge in [0.05, 0.1) is 19.9 Å². The number of thioether (sulfide) groups is 1. The first-order valence-electron chi connectivity index (χ1n) is 13.1. The van der Waals surface area contributed by atoms with Crippen LogP contribution in [0, 0.1) is 5.82 Å². The fraction of sp³-hybridized carbons (Fsp3) is 0.448. The van der Waals surface area contributed by atoms with Crippen LogP contribution in [0.1, 0.15) is 75.3 Å². The number of halogens is 3. The normalized spacial score (nSPS) is 21.8. The van der Waals surface area contributed by atoms with E-state index in [4.69, 9.17) is 9.73 Å². The Kier molecular flexibility index (Phi) is 9.09. The summed E-state index contributed by atoms with van der Waals surface area (Å²) >= 11 is 8.79. The second-order valence-corrected chi connectivity index (χ2v) is 12.7. The number of amides is 1. The van der Waals surface area contributed by atoms with Crippen LogP contribution in [0.4, 0.5) is 4.39 Å². The molecule has 2 saturated carbocycles. The molecule has 5 rings (SSSR count). The molecule has 196 valence electrons. The van der Waals surface area contributed by atoms with Gasteiger partial charge in [-0.25, -0.2) is 4.39 Å². The summed E-state index contributed by atoms with van der Waals surface area (Å²) in [5.74, 6) is 0.479. The first-order chi connectivity index (χ1) is 18.0. The van der Waals surface area contributed by atoms with Crippen LogP contribution in [0.3, 0.4) is 0 Å². The molecule has 0 spiro atoms. The lowest BCUT2D eigenvalue weighted by Gasteiger charge is -2.31. The number of benzene rings is 2. The molecule has 1 saturated heterocycles. The highest BCUT2D eigenvalue weighted by Crippen LogP contribution is 2.40. The minimum Gasteiger partial charge on any atom is -0.487 e. The van der Waals surface area contributed by atoms with E-state index < -0.39 is 0 Å². The average molecular weight is 650 g/mol. The van der Waals surface area contributed by atoms with Crippen molar-refractivity contribution in [1.29, 1.82) is 0 Å². The Morgan fingerprint density at radius 2 is 1.59 bits per heavy atom. The molecule has 2 aromatic rings. The Balaban J connectivity index is 1.37. The molecule has 0 bridgehead atoms. The van der Waals surface area contributed by atoms with E-state index in [2.05, 4.69) is 31.9 Å². The monoisotopic (exact) mass is 648 g/mol. The molecule has 4 nitrogen and oxygen atoms in total. The highest BCUT2D eigenvalue weighted by molar-refractivity contribution is 9.11. The summed E-state index contributed by atoms with van der Waals surface area (Å²) in [6.45, 7) is 0.323. The molecule has 1 amide bonds. The summed E-state index contributed by atoms with van der Waals surface area (Å²) in [5, 5.41) is 0.896. The quantitative estimate of drug-likeness (QED) is 0.294. The predicted octanol–water partition coefficient (Wildman–Crippen LogP) is 8.87. The fourth-order valence-electron chi connectivity index (χ4n) is 5.29. The molecule has 3 fully saturated rings. The number of carbonyl (C=O) groups excluding carboxylic acids is 1. The largest absolute Gasteiger partial charge is 0.487 e. The van der Waals surface area contributed by atoms with Crippen molar-refractivity contribution in [2.24, 2.45) is 4.99 Å².